The molecule has 3 N–H and O–H groups in total. The van der Waals surface area contributed by atoms with E-state index >= 15 is 0 Å². The molecule has 0 bridgehead atoms. The fraction of sp³-hybridized carbons (Fsp3) is 0.0769. The van der Waals surface area contributed by atoms with E-state index in [1.54, 1.807) is 6.07 Å². The number of carbonyl (C=O) groups excluding carboxylic acids is 2. The van der Waals surface area contributed by atoms with Crippen LogP contribution in [0.15, 0.2) is 29.4 Å². The van der Waals surface area contributed by atoms with Crippen molar-refractivity contribution in [3.63, 3.8) is 0 Å². The van der Waals surface area contributed by atoms with Gasteiger partial charge in [-0.3, -0.25) is 9.59 Å². The number of pyridine rings is 1. The summed E-state index contributed by atoms with van der Waals surface area (Å²) >= 11 is 6.05. The molecule has 0 aliphatic heterocycles. The molecule has 0 saturated carbocycles. The van der Waals surface area contributed by atoms with Crippen LogP contribution >= 0.6 is 11.6 Å². The number of fused-ring (bicyclic) bond motifs is 1. The lowest BCUT2D eigenvalue weighted by Crippen LogP contribution is -2.32. The second kappa shape index (κ2) is 5.66. The Balaban J connectivity index is 2.31. The molecule has 2 aromatic rings. The summed E-state index contributed by atoms with van der Waals surface area (Å²) < 4.78 is 0. The lowest BCUT2D eigenvalue weighted by atomic mass is 10.1. The van der Waals surface area contributed by atoms with E-state index in [9.17, 15) is 9.59 Å². The van der Waals surface area contributed by atoms with Gasteiger partial charge in [0.2, 0.25) is 0 Å². The molecule has 6 nitrogen and oxygen atoms in total. The van der Waals surface area contributed by atoms with Gasteiger partial charge in [-0.15, -0.1) is 0 Å². The van der Waals surface area contributed by atoms with Crippen LogP contribution in [0.2, 0.25) is 5.15 Å². The Morgan fingerprint density at radius 1 is 1.45 bits per heavy atom. The van der Waals surface area contributed by atoms with Gasteiger partial charge in [-0.05, 0) is 18.6 Å². The lowest BCUT2D eigenvalue weighted by Gasteiger charge is -2.04. The predicted molar refractivity (Wildman–Crippen MR) is 76.4 cm³/mol. The highest BCUT2D eigenvalue weighted by Gasteiger charge is 2.07. The standard InChI is InChI=1S/C13H11ClN4O2/c1-7-3-2-4-8-5-9(11(14)17-10(7)8)6-16-18-13(20)12(15)19/h2-6H,1H3,(H2,15,19)(H,18,20)/b16-6-. The van der Waals surface area contributed by atoms with Gasteiger partial charge in [0.15, 0.2) is 0 Å². The summed E-state index contributed by atoms with van der Waals surface area (Å²) in [5.74, 6) is -2.11. The summed E-state index contributed by atoms with van der Waals surface area (Å²) in [6, 6.07) is 7.53. The fourth-order valence-electron chi connectivity index (χ4n) is 1.65. The van der Waals surface area contributed by atoms with Gasteiger partial charge in [0.05, 0.1) is 11.7 Å². The monoisotopic (exact) mass is 290 g/mol. The van der Waals surface area contributed by atoms with Gasteiger partial charge in [-0.2, -0.15) is 5.10 Å². The highest BCUT2D eigenvalue weighted by molar-refractivity contribution is 6.34. The number of hydrogen-bond acceptors (Lipinski definition) is 4. The Kier molecular flexibility index (Phi) is 3.95. The second-order valence-electron chi connectivity index (χ2n) is 4.08. The highest BCUT2D eigenvalue weighted by atomic mass is 35.5. The van der Waals surface area contributed by atoms with Crippen LogP contribution in [0.1, 0.15) is 11.1 Å². The fourth-order valence-corrected chi connectivity index (χ4v) is 1.83. The van der Waals surface area contributed by atoms with E-state index in [0.717, 1.165) is 16.5 Å². The number of aryl methyl sites for hydroxylation is 1. The number of benzene rings is 1. The molecule has 0 saturated heterocycles. The van der Waals surface area contributed by atoms with Crippen LogP contribution in [0.4, 0.5) is 0 Å². The molecule has 2 amide bonds. The summed E-state index contributed by atoms with van der Waals surface area (Å²) in [7, 11) is 0. The molecule has 0 fully saturated rings. The Labute approximate surface area is 119 Å². The first-order valence-corrected chi connectivity index (χ1v) is 6.05. The molecule has 0 radical (unpaired) electrons. The van der Waals surface area contributed by atoms with Crippen molar-refractivity contribution in [2.45, 2.75) is 6.92 Å². The van der Waals surface area contributed by atoms with Gasteiger partial charge in [0.1, 0.15) is 5.15 Å². The average Bonchev–Trinajstić information content (AvgIpc) is 2.40. The van der Waals surface area contributed by atoms with Crippen molar-refractivity contribution in [1.29, 1.82) is 0 Å². The minimum Gasteiger partial charge on any atom is -0.361 e. The molecule has 1 aromatic heterocycles. The van der Waals surface area contributed by atoms with Crippen LogP contribution in [0.25, 0.3) is 10.9 Å². The van der Waals surface area contributed by atoms with Crippen LogP contribution in [0.5, 0.6) is 0 Å². The number of halogens is 1. The van der Waals surface area contributed by atoms with Crippen LogP contribution in [-0.4, -0.2) is 23.0 Å². The topological polar surface area (TPSA) is 97.4 Å². The molecule has 0 aliphatic rings. The maximum Gasteiger partial charge on any atom is 0.329 e. The Morgan fingerprint density at radius 3 is 2.90 bits per heavy atom. The van der Waals surface area contributed by atoms with Gasteiger partial charge >= 0.3 is 11.8 Å². The number of amides is 2. The first-order chi connectivity index (χ1) is 9.49. The minimum atomic E-state index is -1.11. The molecule has 0 spiro atoms. The van der Waals surface area contributed by atoms with Gasteiger partial charge < -0.3 is 5.73 Å². The molecule has 20 heavy (non-hydrogen) atoms. The number of nitrogens with zero attached hydrogens (tertiary/aromatic N) is 2. The van der Waals surface area contributed by atoms with Crippen molar-refractivity contribution >= 4 is 40.5 Å². The number of nitrogens with two attached hydrogens (primary N) is 1. The molecule has 1 heterocycles. The number of hydrogen-bond donors (Lipinski definition) is 2. The molecule has 0 unspecified atom stereocenters. The largest absolute Gasteiger partial charge is 0.361 e. The average molecular weight is 291 g/mol. The number of aromatic nitrogens is 1. The van der Waals surface area contributed by atoms with Crippen molar-refractivity contribution in [3.8, 4) is 0 Å². The summed E-state index contributed by atoms with van der Waals surface area (Å²) in [5.41, 5.74) is 9.09. The third-order valence-electron chi connectivity index (χ3n) is 2.62. The van der Waals surface area contributed by atoms with Crippen molar-refractivity contribution in [2.24, 2.45) is 10.8 Å². The first kappa shape index (κ1) is 14.0. The molecule has 0 aliphatic carbocycles. The summed E-state index contributed by atoms with van der Waals surface area (Å²) in [6.07, 6.45) is 1.30. The van der Waals surface area contributed by atoms with Crippen LogP contribution < -0.4 is 11.2 Å². The third-order valence-corrected chi connectivity index (χ3v) is 2.92. The zero-order valence-corrected chi connectivity index (χ0v) is 11.3. The molecule has 7 heteroatoms. The summed E-state index contributed by atoms with van der Waals surface area (Å²) in [5, 5.41) is 4.76. The van der Waals surface area contributed by atoms with Crippen molar-refractivity contribution < 1.29 is 9.59 Å². The minimum absolute atomic E-state index is 0.254. The number of rotatable bonds is 2. The number of hydrazone groups is 1. The number of para-hydroxylation sites is 1. The zero-order valence-electron chi connectivity index (χ0n) is 10.6. The summed E-state index contributed by atoms with van der Waals surface area (Å²) in [6.45, 7) is 1.94. The predicted octanol–water partition coefficient (Wildman–Crippen LogP) is 1.13. The molecule has 0 atom stereocenters. The van der Waals surface area contributed by atoms with E-state index in [4.69, 9.17) is 17.3 Å². The van der Waals surface area contributed by atoms with Gasteiger partial charge in [0, 0.05) is 10.9 Å². The van der Waals surface area contributed by atoms with Crippen molar-refractivity contribution in [1.82, 2.24) is 10.4 Å². The Bertz CT molecular complexity index is 728. The third kappa shape index (κ3) is 2.92. The van der Waals surface area contributed by atoms with E-state index < -0.39 is 11.8 Å². The van der Waals surface area contributed by atoms with E-state index in [2.05, 4.69) is 10.1 Å². The van der Waals surface area contributed by atoms with Gasteiger partial charge in [-0.1, -0.05) is 29.8 Å². The van der Waals surface area contributed by atoms with E-state index in [0.29, 0.717) is 5.56 Å². The SMILES string of the molecule is Cc1cccc2cc(/C=N\NC(=O)C(N)=O)c(Cl)nc12. The van der Waals surface area contributed by atoms with Crippen LogP contribution in [-0.2, 0) is 9.59 Å². The van der Waals surface area contributed by atoms with Gasteiger partial charge in [0.25, 0.3) is 0 Å². The smallest absolute Gasteiger partial charge is 0.329 e. The lowest BCUT2D eigenvalue weighted by molar-refractivity contribution is -0.137. The normalized spacial score (nSPS) is 10.9. The van der Waals surface area contributed by atoms with E-state index in [-0.39, 0.29) is 5.15 Å². The van der Waals surface area contributed by atoms with Crippen LogP contribution in [0, 0.1) is 6.92 Å². The summed E-state index contributed by atoms with van der Waals surface area (Å²) in [4.78, 5) is 25.7. The number of nitrogens with one attached hydrogen (secondary N) is 1. The second-order valence-corrected chi connectivity index (χ2v) is 4.44. The molecular formula is C13H11ClN4O2. The molecule has 1 aromatic carbocycles. The van der Waals surface area contributed by atoms with Crippen LogP contribution in [0.3, 0.4) is 0 Å². The quantitative estimate of drug-likeness (QED) is 0.375. The van der Waals surface area contributed by atoms with Crippen molar-refractivity contribution in [3.05, 3.63) is 40.5 Å². The molecular weight excluding hydrogens is 280 g/mol. The number of carbonyl (C=O) groups is 2. The Hall–Kier alpha value is -2.47. The zero-order chi connectivity index (χ0) is 14.7. The van der Waals surface area contributed by atoms with Gasteiger partial charge in [-0.25, -0.2) is 10.4 Å². The van der Waals surface area contributed by atoms with E-state index in [1.165, 1.54) is 6.21 Å². The Morgan fingerprint density at radius 2 is 2.20 bits per heavy atom. The molecule has 102 valence electrons. The van der Waals surface area contributed by atoms with Crippen molar-refractivity contribution in [2.75, 3.05) is 0 Å². The van der Waals surface area contributed by atoms with E-state index in [1.807, 2.05) is 30.5 Å². The number of primary amides is 1. The highest BCUT2D eigenvalue weighted by Crippen LogP contribution is 2.21. The molecule has 2 rings (SSSR count). The maximum atomic E-state index is 10.9. The maximum absolute atomic E-state index is 10.9. The first-order valence-electron chi connectivity index (χ1n) is 5.67.